The number of allylic oxidation sites excluding steroid dienone is 2. The van der Waals surface area contributed by atoms with Gasteiger partial charge in [0, 0.05) is 22.2 Å². The van der Waals surface area contributed by atoms with Gasteiger partial charge in [-0.05, 0) is 64.2 Å². The van der Waals surface area contributed by atoms with E-state index >= 15 is 0 Å². The molecule has 1 aromatic heterocycles. The average Bonchev–Trinajstić information content (AvgIpc) is 3.40. The minimum atomic E-state index is -0.471. The highest BCUT2D eigenvalue weighted by atomic mass is 79.9. The molecule has 1 aliphatic heterocycles. The van der Waals surface area contributed by atoms with Crippen molar-refractivity contribution in [3.8, 4) is 11.3 Å². The number of nitro benzene ring substituents is 1. The van der Waals surface area contributed by atoms with Crippen LogP contribution in [0.2, 0.25) is 0 Å². The third-order valence-corrected chi connectivity index (χ3v) is 7.65. The summed E-state index contributed by atoms with van der Waals surface area (Å²) in [6.07, 6.45) is 6.73. The van der Waals surface area contributed by atoms with Crippen molar-refractivity contribution in [1.82, 2.24) is 5.01 Å². The monoisotopic (exact) mass is 481 g/mol. The second-order valence-corrected chi connectivity index (χ2v) is 9.37. The van der Waals surface area contributed by atoms with Crippen LogP contribution in [0.5, 0.6) is 0 Å². The number of nitro groups is 1. The van der Waals surface area contributed by atoms with Crippen molar-refractivity contribution in [3.63, 3.8) is 0 Å². The largest absolute Gasteiger partial charge is 0.455 e. The van der Waals surface area contributed by atoms with E-state index in [-0.39, 0.29) is 41.2 Å². The molecule has 2 bridgehead atoms. The van der Waals surface area contributed by atoms with Crippen LogP contribution in [0.15, 0.2) is 56.5 Å². The molecule has 7 rings (SSSR count). The van der Waals surface area contributed by atoms with Gasteiger partial charge in [-0.15, -0.1) is 0 Å². The molecule has 1 aromatic carbocycles. The van der Waals surface area contributed by atoms with Gasteiger partial charge in [0.2, 0.25) is 0 Å². The van der Waals surface area contributed by atoms with Gasteiger partial charge in [-0.3, -0.25) is 19.7 Å². The lowest BCUT2D eigenvalue weighted by atomic mass is 9.63. The SMILES string of the molecule is O=C1[C@@H]2[C@@H]3C=C[C@H]([C@H]4C[C@H]34)[C@@H]2C(=O)N1/N=C\c1ccc(-c2ccc([N+](=O)[O-])cc2Br)o1. The van der Waals surface area contributed by atoms with Crippen molar-refractivity contribution in [3.05, 3.63) is 62.8 Å². The molecule has 0 unspecified atom stereocenters. The third kappa shape index (κ3) is 2.69. The van der Waals surface area contributed by atoms with Crippen molar-refractivity contribution in [2.75, 3.05) is 0 Å². The van der Waals surface area contributed by atoms with Gasteiger partial charge in [0.1, 0.15) is 11.5 Å². The lowest BCUT2D eigenvalue weighted by molar-refractivity contribution is -0.384. The zero-order valence-electron chi connectivity index (χ0n) is 16.1. The Morgan fingerprint density at radius 2 is 1.77 bits per heavy atom. The van der Waals surface area contributed by atoms with Crippen molar-refractivity contribution < 1.29 is 18.9 Å². The van der Waals surface area contributed by atoms with Crippen LogP contribution < -0.4 is 0 Å². The van der Waals surface area contributed by atoms with Crippen LogP contribution in [0.25, 0.3) is 11.3 Å². The van der Waals surface area contributed by atoms with Gasteiger partial charge in [-0.25, -0.2) is 0 Å². The topological polar surface area (TPSA) is 106 Å². The summed E-state index contributed by atoms with van der Waals surface area (Å²) in [5.74, 6) is 1.25. The minimum absolute atomic E-state index is 0.0300. The van der Waals surface area contributed by atoms with Crippen LogP contribution in [0.1, 0.15) is 12.2 Å². The highest BCUT2D eigenvalue weighted by Crippen LogP contribution is 2.65. The van der Waals surface area contributed by atoms with Gasteiger partial charge < -0.3 is 4.42 Å². The molecular formula is C22H16BrN3O5. The van der Waals surface area contributed by atoms with E-state index < -0.39 is 4.92 Å². The molecule has 5 aliphatic rings. The maximum absolute atomic E-state index is 12.9. The number of imide groups is 1. The summed E-state index contributed by atoms with van der Waals surface area (Å²) in [6, 6.07) is 7.77. The zero-order chi connectivity index (χ0) is 21.4. The number of carbonyl (C=O) groups excluding carboxylic acids is 2. The number of carbonyl (C=O) groups is 2. The summed E-state index contributed by atoms with van der Waals surface area (Å²) < 4.78 is 6.29. The van der Waals surface area contributed by atoms with Gasteiger partial charge in [-0.2, -0.15) is 10.1 Å². The van der Waals surface area contributed by atoms with Crippen molar-refractivity contribution >= 4 is 39.6 Å². The summed E-state index contributed by atoms with van der Waals surface area (Å²) in [4.78, 5) is 36.3. The molecule has 6 atom stereocenters. The van der Waals surface area contributed by atoms with E-state index in [0.717, 1.165) is 11.4 Å². The van der Waals surface area contributed by atoms with E-state index in [9.17, 15) is 19.7 Å². The molecule has 0 N–H and O–H groups in total. The Morgan fingerprint density at radius 3 is 2.39 bits per heavy atom. The highest BCUT2D eigenvalue weighted by Gasteiger charge is 2.67. The number of hydrogen-bond acceptors (Lipinski definition) is 6. The molecule has 2 amide bonds. The lowest BCUT2D eigenvalue weighted by Crippen LogP contribution is -2.40. The van der Waals surface area contributed by atoms with Crippen LogP contribution in [-0.2, 0) is 9.59 Å². The number of hydrazone groups is 1. The van der Waals surface area contributed by atoms with E-state index in [2.05, 4.69) is 33.2 Å². The van der Waals surface area contributed by atoms with Crippen LogP contribution >= 0.6 is 15.9 Å². The van der Waals surface area contributed by atoms with Gasteiger partial charge in [0.25, 0.3) is 17.5 Å². The summed E-state index contributed by atoms with van der Waals surface area (Å²) in [5, 5.41) is 16.1. The van der Waals surface area contributed by atoms with Crippen LogP contribution in [0, 0.1) is 45.6 Å². The number of non-ortho nitro benzene ring substituents is 1. The molecule has 2 aromatic rings. The van der Waals surface area contributed by atoms with Crippen molar-refractivity contribution in [2.45, 2.75) is 6.42 Å². The Bertz CT molecular complexity index is 1180. The zero-order valence-corrected chi connectivity index (χ0v) is 17.6. The van der Waals surface area contributed by atoms with E-state index in [0.29, 0.717) is 33.4 Å². The van der Waals surface area contributed by atoms with Gasteiger partial charge in [-0.1, -0.05) is 12.2 Å². The summed E-state index contributed by atoms with van der Waals surface area (Å²) in [5.41, 5.74) is 0.615. The molecule has 2 saturated carbocycles. The molecule has 3 fully saturated rings. The van der Waals surface area contributed by atoms with E-state index in [4.69, 9.17) is 4.42 Å². The Hall–Kier alpha value is -3.07. The first-order valence-electron chi connectivity index (χ1n) is 10.1. The molecule has 9 heteroatoms. The molecule has 31 heavy (non-hydrogen) atoms. The first-order valence-corrected chi connectivity index (χ1v) is 10.9. The molecule has 0 radical (unpaired) electrons. The van der Waals surface area contributed by atoms with Gasteiger partial charge >= 0.3 is 0 Å². The summed E-state index contributed by atoms with van der Waals surface area (Å²) >= 11 is 3.33. The number of hydrogen-bond donors (Lipinski definition) is 0. The third-order valence-electron chi connectivity index (χ3n) is 7.00. The fraction of sp³-hybridized carbons (Fsp3) is 0.318. The fourth-order valence-corrected chi connectivity index (χ4v) is 6.12. The smallest absolute Gasteiger partial charge is 0.270 e. The molecule has 4 aliphatic carbocycles. The maximum Gasteiger partial charge on any atom is 0.270 e. The predicted octanol–water partition coefficient (Wildman–Crippen LogP) is 4.00. The predicted molar refractivity (Wildman–Crippen MR) is 113 cm³/mol. The van der Waals surface area contributed by atoms with Gasteiger partial charge in [0.15, 0.2) is 0 Å². The Balaban J connectivity index is 1.23. The maximum atomic E-state index is 12.9. The summed E-state index contributed by atoms with van der Waals surface area (Å²) in [7, 11) is 0. The van der Waals surface area contributed by atoms with Crippen LogP contribution in [-0.4, -0.2) is 28.0 Å². The van der Waals surface area contributed by atoms with E-state index in [1.165, 1.54) is 18.3 Å². The second kappa shape index (κ2) is 6.46. The Morgan fingerprint density at radius 1 is 1.10 bits per heavy atom. The minimum Gasteiger partial charge on any atom is -0.455 e. The number of furan rings is 1. The standard InChI is InChI=1S/C22H16BrN3O5/c23-17-7-10(26(29)30)1-3-14(17)18-6-2-11(31-18)9-24-25-21(27)19-12-4-5-13(16-8-15(12)16)20(19)22(25)28/h1-7,9,12-13,15-16,19-20H,8H2/b24-9-/t12-,13-,15-,16-,19-,20+/m1/s1. The second-order valence-electron chi connectivity index (χ2n) is 8.51. The summed E-state index contributed by atoms with van der Waals surface area (Å²) in [6.45, 7) is 0. The van der Waals surface area contributed by atoms with Crippen LogP contribution in [0.3, 0.4) is 0 Å². The number of halogens is 1. The molecule has 1 saturated heterocycles. The first-order chi connectivity index (χ1) is 14.9. The number of nitrogens with zero attached hydrogens (tertiary/aromatic N) is 3. The van der Waals surface area contributed by atoms with Crippen molar-refractivity contribution in [1.29, 1.82) is 0 Å². The lowest BCUT2D eigenvalue weighted by Gasteiger charge is -2.37. The van der Waals surface area contributed by atoms with Crippen molar-refractivity contribution in [2.24, 2.45) is 40.6 Å². The Kier molecular flexibility index (Phi) is 3.89. The van der Waals surface area contributed by atoms with Gasteiger partial charge in [0.05, 0.1) is 23.0 Å². The average molecular weight is 482 g/mol. The molecule has 0 spiro atoms. The first kappa shape index (κ1) is 18.7. The van der Waals surface area contributed by atoms with E-state index in [1.807, 2.05) is 0 Å². The molecule has 2 heterocycles. The van der Waals surface area contributed by atoms with E-state index in [1.54, 1.807) is 18.2 Å². The highest BCUT2D eigenvalue weighted by molar-refractivity contribution is 9.10. The molecule has 8 nitrogen and oxygen atoms in total. The fourth-order valence-electron chi connectivity index (χ4n) is 5.55. The number of rotatable bonds is 4. The quantitative estimate of drug-likeness (QED) is 0.215. The normalized spacial score (nSPS) is 32.6. The number of benzene rings is 1. The molecular weight excluding hydrogens is 466 g/mol. The molecule has 156 valence electrons. The number of amides is 2. The van der Waals surface area contributed by atoms with Crippen LogP contribution in [0.4, 0.5) is 5.69 Å². The Labute approximate surface area is 184 Å².